The minimum Gasteiger partial charge on any atom is -0.292 e. The first-order valence-electron chi connectivity index (χ1n) is 5.70. The Morgan fingerprint density at radius 2 is 1.78 bits per heavy atom. The van der Waals surface area contributed by atoms with Gasteiger partial charge < -0.3 is 0 Å². The van der Waals surface area contributed by atoms with Gasteiger partial charge in [0.15, 0.2) is 5.78 Å². The molecule has 1 aliphatic rings. The molecule has 0 N–H and O–H groups in total. The fraction of sp³-hybridized carbons (Fsp3) is 0.308. The van der Waals surface area contributed by atoms with Crippen molar-refractivity contribution < 1.29 is 14.4 Å². The number of imide groups is 1. The normalized spacial score (nSPS) is 15.9. The van der Waals surface area contributed by atoms with Crippen molar-refractivity contribution in [3.63, 3.8) is 0 Å². The molecule has 0 bridgehead atoms. The second-order valence-corrected chi connectivity index (χ2v) is 4.98. The fourth-order valence-electron chi connectivity index (χ4n) is 1.89. The number of hydrogen-bond donors (Lipinski definition) is 0. The molecule has 0 unspecified atom stereocenters. The van der Waals surface area contributed by atoms with Gasteiger partial charge in [-0.25, -0.2) is 0 Å². The van der Waals surface area contributed by atoms with E-state index in [1.165, 1.54) is 0 Å². The molecule has 2 amide bonds. The summed E-state index contributed by atoms with van der Waals surface area (Å²) in [7, 11) is 0. The molecule has 1 aromatic carbocycles. The summed E-state index contributed by atoms with van der Waals surface area (Å²) in [4.78, 5) is 36.3. The number of Topliss-reactive ketones (excluding diaryl/α,β-unsaturated/α-hetero) is 1. The lowest BCUT2D eigenvalue weighted by Gasteiger charge is -2.24. The summed E-state index contributed by atoms with van der Waals surface area (Å²) >= 11 is 3.28. The first-order chi connectivity index (χ1) is 8.59. The van der Waals surface area contributed by atoms with E-state index in [9.17, 15) is 14.4 Å². The van der Waals surface area contributed by atoms with Gasteiger partial charge in [0.2, 0.25) is 11.8 Å². The maximum atomic E-state index is 12.0. The number of halogens is 1. The molecule has 0 radical (unpaired) electrons. The number of benzene rings is 1. The highest BCUT2D eigenvalue weighted by atomic mass is 79.9. The molecule has 4 nitrogen and oxygen atoms in total. The van der Waals surface area contributed by atoms with Gasteiger partial charge in [0.1, 0.15) is 0 Å². The van der Waals surface area contributed by atoms with Crippen molar-refractivity contribution in [1.82, 2.24) is 4.90 Å². The Bertz CT molecular complexity index is 497. The van der Waals surface area contributed by atoms with Crippen LogP contribution in [0.3, 0.4) is 0 Å². The summed E-state index contributed by atoms with van der Waals surface area (Å²) in [6.07, 6.45) is 1.27. The van der Waals surface area contributed by atoms with E-state index < -0.39 is 0 Å². The van der Waals surface area contributed by atoms with Crippen LogP contribution < -0.4 is 0 Å². The number of piperidine rings is 1. The minimum atomic E-state index is -0.258. The predicted molar refractivity (Wildman–Crippen MR) is 69.0 cm³/mol. The maximum absolute atomic E-state index is 12.0. The molecule has 0 aliphatic carbocycles. The van der Waals surface area contributed by atoms with Crippen LogP contribution in [0.5, 0.6) is 0 Å². The highest BCUT2D eigenvalue weighted by Gasteiger charge is 2.28. The second kappa shape index (κ2) is 5.44. The van der Waals surface area contributed by atoms with Gasteiger partial charge in [0.25, 0.3) is 0 Å². The fourth-order valence-corrected chi connectivity index (χ4v) is 2.40. The van der Waals surface area contributed by atoms with Gasteiger partial charge in [0, 0.05) is 22.9 Å². The van der Waals surface area contributed by atoms with Crippen molar-refractivity contribution in [2.45, 2.75) is 19.3 Å². The van der Waals surface area contributed by atoms with Crippen LogP contribution in [0.15, 0.2) is 28.7 Å². The Morgan fingerprint density at radius 3 is 2.39 bits per heavy atom. The van der Waals surface area contributed by atoms with E-state index in [0.29, 0.717) is 29.3 Å². The number of carbonyl (C=O) groups excluding carboxylic acids is 3. The van der Waals surface area contributed by atoms with Crippen LogP contribution in [0, 0.1) is 0 Å². The van der Waals surface area contributed by atoms with Crippen molar-refractivity contribution in [3.8, 4) is 0 Å². The monoisotopic (exact) mass is 309 g/mol. The summed E-state index contributed by atoms with van der Waals surface area (Å²) in [5.41, 5.74) is 0.490. The standard InChI is InChI=1S/C13H12BrNO3/c14-10-5-2-1-4-9(10)11(16)8-15-12(17)6-3-7-13(15)18/h1-2,4-5H,3,6-8H2. The average Bonchev–Trinajstić information content (AvgIpc) is 2.34. The first kappa shape index (κ1) is 13.0. The van der Waals surface area contributed by atoms with Crippen LogP contribution in [0.4, 0.5) is 0 Å². The van der Waals surface area contributed by atoms with Gasteiger partial charge in [0.05, 0.1) is 6.54 Å². The second-order valence-electron chi connectivity index (χ2n) is 4.13. The molecule has 94 valence electrons. The molecule has 0 aromatic heterocycles. The third-order valence-corrected chi connectivity index (χ3v) is 3.55. The van der Waals surface area contributed by atoms with E-state index in [1.54, 1.807) is 24.3 Å². The topological polar surface area (TPSA) is 54.5 Å². The number of nitrogens with zero attached hydrogens (tertiary/aromatic N) is 1. The minimum absolute atomic E-state index is 0.166. The number of hydrogen-bond acceptors (Lipinski definition) is 3. The van der Waals surface area contributed by atoms with Crippen LogP contribution in [-0.4, -0.2) is 29.0 Å². The highest BCUT2D eigenvalue weighted by Crippen LogP contribution is 2.18. The number of amides is 2. The lowest BCUT2D eigenvalue weighted by atomic mass is 10.1. The molecule has 1 fully saturated rings. The smallest absolute Gasteiger partial charge is 0.229 e. The van der Waals surface area contributed by atoms with Gasteiger partial charge >= 0.3 is 0 Å². The Morgan fingerprint density at radius 1 is 1.17 bits per heavy atom. The largest absolute Gasteiger partial charge is 0.292 e. The molecule has 0 spiro atoms. The summed E-state index contributed by atoms with van der Waals surface area (Å²) in [6.45, 7) is -0.166. The molecule has 2 rings (SSSR count). The van der Waals surface area contributed by atoms with Gasteiger partial charge in [-0.3, -0.25) is 19.3 Å². The molecule has 1 saturated heterocycles. The Hall–Kier alpha value is -1.49. The first-order valence-corrected chi connectivity index (χ1v) is 6.50. The molecule has 0 atom stereocenters. The summed E-state index contributed by atoms with van der Waals surface area (Å²) in [5, 5.41) is 0. The molecule has 18 heavy (non-hydrogen) atoms. The number of rotatable bonds is 3. The van der Waals surface area contributed by atoms with Crippen molar-refractivity contribution in [3.05, 3.63) is 34.3 Å². The molecule has 1 heterocycles. The van der Waals surface area contributed by atoms with Gasteiger partial charge in [-0.05, 0) is 12.5 Å². The number of ketones is 1. The number of likely N-dealkylation sites (tertiary alicyclic amines) is 1. The van der Waals surface area contributed by atoms with Crippen LogP contribution in [0.1, 0.15) is 29.6 Å². The highest BCUT2D eigenvalue weighted by molar-refractivity contribution is 9.10. The van der Waals surface area contributed by atoms with Crippen molar-refractivity contribution >= 4 is 33.5 Å². The maximum Gasteiger partial charge on any atom is 0.229 e. The van der Waals surface area contributed by atoms with Gasteiger partial charge in [-0.15, -0.1) is 0 Å². The van der Waals surface area contributed by atoms with E-state index >= 15 is 0 Å². The van der Waals surface area contributed by atoms with E-state index in [0.717, 1.165) is 4.90 Å². The molecule has 0 saturated carbocycles. The zero-order valence-corrected chi connectivity index (χ0v) is 11.3. The lowest BCUT2D eigenvalue weighted by Crippen LogP contribution is -2.43. The summed E-state index contributed by atoms with van der Waals surface area (Å²) < 4.78 is 0.673. The van der Waals surface area contributed by atoms with Crippen molar-refractivity contribution in [2.75, 3.05) is 6.54 Å². The van der Waals surface area contributed by atoms with Crippen LogP contribution in [0.2, 0.25) is 0 Å². The molecule has 1 aromatic rings. The SMILES string of the molecule is O=C(CN1C(=O)CCCC1=O)c1ccccc1Br. The third kappa shape index (κ3) is 2.67. The Labute approximate surface area is 113 Å². The van der Waals surface area contributed by atoms with Crippen molar-refractivity contribution in [1.29, 1.82) is 0 Å². The lowest BCUT2D eigenvalue weighted by molar-refractivity contribution is -0.147. The van der Waals surface area contributed by atoms with E-state index in [-0.39, 0.29) is 24.1 Å². The van der Waals surface area contributed by atoms with Crippen molar-refractivity contribution in [2.24, 2.45) is 0 Å². The van der Waals surface area contributed by atoms with Gasteiger partial charge in [-0.2, -0.15) is 0 Å². The number of carbonyl (C=O) groups is 3. The van der Waals surface area contributed by atoms with Gasteiger partial charge in [-0.1, -0.05) is 34.1 Å². The van der Waals surface area contributed by atoms with E-state index in [2.05, 4.69) is 15.9 Å². The molecular formula is C13H12BrNO3. The molecule has 5 heteroatoms. The Kier molecular flexibility index (Phi) is 3.91. The van der Waals surface area contributed by atoms with E-state index in [4.69, 9.17) is 0 Å². The van der Waals surface area contributed by atoms with Crippen LogP contribution in [-0.2, 0) is 9.59 Å². The van der Waals surface area contributed by atoms with E-state index in [1.807, 2.05) is 0 Å². The van der Waals surface area contributed by atoms with Crippen LogP contribution >= 0.6 is 15.9 Å². The third-order valence-electron chi connectivity index (χ3n) is 2.86. The van der Waals surface area contributed by atoms with Crippen LogP contribution in [0.25, 0.3) is 0 Å². The Balaban J connectivity index is 2.14. The average molecular weight is 310 g/mol. The summed E-state index contributed by atoms with van der Waals surface area (Å²) in [5.74, 6) is -0.746. The zero-order valence-electron chi connectivity index (χ0n) is 9.69. The summed E-state index contributed by atoms with van der Waals surface area (Å²) in [6, 6.07) is 6.98. The molecular weight excluding hydrogens is 298 g/mol. The quantitative estimate of drug-likeness (QED) is 0.635. The predicted octanol–water partition coefficient (Wildman–Crippen LogP) is 2.17. The zero-order chi connectivity index (χ0) is 13.1. The molecule has 1 aliphatic heterocycles.